The van der Waals surface area contributed by atoms with Crippen molar-refractivity contribution in [3.8, 4) is 0 Å². The van der Waals surface area contributed by atoms with E-state index in [9.17, 15) is 13.6 Å². The summed E-state index contributed by atoms with van der Waals surface area (Å²) in [4.78, 5) is 14.5. The lowest BCUT2D eigenvalue weighted by Gasteiger charge is -2.33. The largest absolute Gasteiger partial charge is 0.375 e. The number of hydrogen-bond acceptors (Lipinski definition) is 3. The van der Waals surface area contributed by atoms with Crippen molar-refractivity contribution >= 4 is 17.7 Å². The van der Waals surface area contributed by atoms with Gasteiger partial charge in [-0.3, -0.25) is 4.79 Å². The Morgan fingerprint density at radius 2 is 2.11 bits per heavy atom. The predicted molar refractivity (Wildman–Crippen MR) is 106 cm³/mol. The van der Waals surface area contributed by atoms with Crippen LogP contribution in [0, 0.1) is 11.6 Å². The van der Waals surface area contributed by atoms with Gasteiger partial charge in [0.2, 0.25) is 5.91 Å². The monoisotopic (exact) mass is 386 g/mol. The fourth-order valence-electron chi connectivity index (χ4n) is 3.19. The van der Waals surface area contributed by atoms with Crippen LogP contribution in [0.1, 0.15) is 31.0 Å². The third kappa shape index (κ3) is 5.16. The molecule has 6 heteroatoms. The molecule has 148 valence electrons. The number of anilines is 1. The van der Waals surface area contributed by atoms with E-state index in [1.54, 1.807) is 0 Å². The zero-order valence-electron chi connectivity index (χ0n) is 16.0. The first kappa shape index (κ1) is 20.0. The molecule has 2 aromatic rings. The quantitative estimate of drug-likeness (QED) is 0.788. The van der Waals surface area contributed by atoms with Crippen LogP contribution in [0.3, 0.4) is 0 Å². The highest BCUT2D eigenvalue weighted by Crippen LogP contribution is 2.22. The summed E-state index contributed by atoms with van der Waals surface area (Å²) in [5.74, 6) is -1.70. The van der Waals surface area contributed by atoms with E-state index < -0.39 is 11.6 Å². The van der Waals surface area contributed by atoms with Gasteiger partial charge in [-0.1, -0.05) is 12.1 Å². The molecule has 1 aliphatic heterocycles. The molecule has 2 aromatic carbocycles. The first-order valence-corrected chi connectivity index (χ1v) is 9.32. The van der Waals surface area contributed by atoms with Gasteiger partial charge >= 0.3 is 0 Å². The molecule has 2 atom stereocenters. The molecular formula is C22H24F2N2O2. The molecule has 1 heterocycles. The molecule has 1 fully saturated rings. The van der Waals surface area contributed by atoms with E-state index >= 15 is 0 Å². The second kappa shape index (κ2) is 8.97. The van der Waals surface area contributed by atoms with Crippen LogP contribution in [0.25, 0.3) is 6.08 Å². The summed E-state index contributed by atoms with van der Waals surface area (Å²) < 4.78 is 32.2. The number of ether oxygens (including phenoxy) is 1. The second-order valence-corrected chi connectivity index (χ2v) is 6.95. The third-order valence-electron chi connectivity index (χ3n) is 4.71. The fraction of sp³-hybridized carbons (Fsp3) is 0.318. The number of hydrogen-bond donors (Lipinski definition) is 1. The van der Waals surface area contributed by atoms with E-state index in [0.29, 0.717) is 6.61 Å². The number of halogens is 2. The number of benzene rings is 2. The predicted octanol–water partition coefficient (Wildman–Crippen LogP) is 4.08. The van der Waals surface area contributed by atoms with Gasteiger partial charge in [0.05, 0.1) is 18.8 Å². The highest BCUT2D eigenvalue weighted by molar-refractivity contribution is 5.92. The van der Waals surface area contributed by atoms with Gasteiger partial charge in [0.15, 0.2) is 0 Å². The van der Waals surface area contributed by atoms with Crippen molar-refractivity contribution in [3.05, 3.63) is 71.3 Å². The summed E-state index contributed by atoms with van der Waals surface area (Å²) in [6.45, 7) is 6.31. The second-order valence-electron chi connectivity index (χ2n) is 6.95. The Morgan fingerprint density at radius 3 is 2.86 bits per heavy atom. The zero-order chi connectivity index (χ0) is 20.1. The fourth-order valence-corrected chi connectivity index (χ4v) is 3.19. The minimum absolute atomic E-state index is 0.160. The lowest BCUT2D eigenvalue weighted by atomic mass is 10.1. The van der Waals surface area contributed by atoms with Crippen LogP contribution in [-0.4, -0.2) is 31.7 Å². The Labute approximate surface area is 163 Å². The molecule has 2 unspecified atom stereocenters. The smallest absolute Gasteiger partial charge is 0.244 e. The van der Waals surface area contributed by atoms with Gasteiger partial charge in [0.1, 0.15) is 11.6 Å². The van der Waals surface area contributed by atoms with Crippen LogP contribution < -0.4 is 10.2 Å². The molecule has 3 rings (SSSR count). The summed E-state index contributed by atoms with van der Waals surface area (Å²) in [6, 6.07) is 11.1. The molecule has 0 aliphatic carbocycles. The summed E-state index contributed by atoms with van der Waals surface area (Å²) in [5, 5.41) is 2.87. The Morgan fingerprint density at radius 1 is 1.29 bits per heavy atom. The van der Waals surface area contributed by atoms with Gasteiger partial charge < -0.3 is 15.0 Å². The Balaban J connectivity index is 1.64. The SMILES string of the molecule is CC1CN(c2cccc(C(C)NC(=O)/C=C/c3ccc(F)cc3F)c2)CCO1. The molecule has 1 saturated heterocycles. The van der Waals surface area contributed by atoms with Gasteiger partial charge in [-0.25, -0.2) is 8.78 Å². The number of nitrogens with zero attached hydrogens (tertiary/aromatic N) is 1. The molecular weight excluding hydrogens is 362 g/mol. The normalized spacial score (nSPS) is 18.3. The third-order valence-corrected chi connectivity index (χ3v) is 4.71. The molecule has 0 bridgehead atoms. The maximum Gasteiger partial charge on any atom is 0.244 e. The average Bonchev–Trinajstić information content (AvgIpc) is 2.67. The molecule has 0 spiro atoms. The van der Waals surface area contributed by atoms with Crippen molar-refractivity contribution in [3.63, 3.8) is 0 Å². The maximum absolute atomic E-state index is 13.6. The maximum atomic E-state index is 13.6. The number of nitrogens with one attached hydrogen (secondary N) is 1. The van der Waals surface area contributed by atoms with Crippen LogP contribution >= 0.6 is 0 Å². The Kier molecular flexibility index (Phi) is 6.41. The van der Waals surface area contributed by atoms with E-state index in [-0.39, 0.29) is 23.6 Å². The van der Waals surface area contributed by atoms with Gasteiger partial charge in [0, 0.05) is 36.5 Å². The van der Waals surface area contributed by atoms with Crippen molar-refractivity contribution in [1.29, 1.82) is 0 Å². The number of morpholine rings is 1. The van der Waals surface area contributed by atoms with Crippen LogP contribution in [0.2, 0.25) is 0 Å². The number of carbonyl (C=O) groups excluding carboxylic acids is 1. The van der Waals surface area contributed by atoms with Gasteiger partial charge in [-0.2, -0.15) is 0 Å². The van der Waals surface area contributed by atoms with E-state index in [1.807, 2.05) is 25.1 Å². The number of rotatable bonds is 5. The summed E-state index contributed by atoms with van der Waals surface area (Å²) in [7, 11) is 0. The van der Waals surface area contributed by atoms with Crippen LogP contribution in [0.5, 0.6) is 0 Å². The highest BCUT2D eigenvalue weighted by atomic mass is 19.1. The first-order chi connectivity index (χ1) is 13.4. The van der Waals surface area contributed by atoms with Crippen LogP contribution in [-0.2, 0) is 9.53 Å². The van der Waals surface area contributed by atoms with Crippen molar-refractivity contribution in [1.82, 2.24) is 5.32 Å². The first-order valence-electron chi connectivity index (χ1n) is 9.32. The molecule has 4 nitrogen and oxygen atoms in total. The van der Waals surface area contributed by atoms with Gasteiger partial charge in [-0.15, -0.1) is 0 Å². The standard InChI is InChI=1S/C22H24F2N2O2/c1-15-14-26(10-11-28-15)20-5-3-4-18(12-20)16(2)25-22(27)9-7-17-6-8-19(23)13-21(17)24/h3-9,12-13,15-16H,10-11,14H2,1-2H3,(H,25,27)/b9-7+. The molecule has 28 heavy (non-hydrogen) atoms. The minimum atomic E-state index is -0.704. The molecule has 0 radical (unpaired) electrons. The van der Waals surface area contributed by atoms with Crippen molar-refractivity contribution in [2.45, 2.75) is 26.0 Å². The lowest BCUT2D eigenvalue weighted by Crippen LogP contribution is -2.41. The van der Waals surface area contributed by atoms with Gasteiger partial charge in [-0.05, 0) is 49.8 Å². The molecule has 0 aromatic heterocycles. The molecule has 1 aliphatic rings. The highest BCUT2D eigenvalue weighted by Gasteiger charge is 2.18. The Bertz CT molecular complexity index is 869. The molecule has 1 amide bonds. The molecule has 1 N–H and O–H groups in total. The van der Waals surface area contributed by atoms with E-state index in [2.05, 4.69) is 23.2 Å². The molecule has 0 saturated carbocycles. The number of amides is 1. The van der Waals surface area contributed by atoms with E-state index in [0.717, 1.165) is 36.5 Å². The summed E-state index contributed by atoms with van der Waals surface area (Å²) >= 11 is 0. The Hall–Kier alpha value is -2.73. The van der Waals surface area contributed by atoms with Crippen molar-refractivity contribution < 1.29 is 18.3 Å². The zero-order valence-corrected chi connectivity index (χ0v) is 16.0. The van der Waals surface area contributed by atoms with Crippen molar-refractivity contribution in [2.24, 2.45) is 0 Å². The summed E-state index contributed by atoms with van der Waals surface area (Å²) in [5.41, 5.74) is 2.23. The number of carbonyl (C=O) groups is 1. The topological polar surface area (TPSA) is 41.6 Å². The summed E-state index contributed by atoms with van der Waals surface area (Å²) in [6.07, 6.45) is 2.77. The van der Waals surface area contributed by atoms with Crippen LogP contribution in [0.15, 0.2) is 48.5 Å². The van der Waals surface area contributed by atoms with Crippen LogP contribution in [0.4, 0.5) is 14.5 Å². The van der Waals surface area contributed by atoms with Gasteiger partial charge in [0.25, 0.3) is 0 Å². The van der Waals surface area contributed by atoms with E-state index in [1.165, 1.54) is 18.2 Å². The van der Waals surface area contributed by atoms with Crippen molar-refractivity contribution in [2.75, 3.05) is 24.6 Å². The van der Waals surface area contributed by atoms with E-state index in [4.69, 9.17) is 4.74 Å². The minimum Gasteiger partial charge on any atom is -0.375 e. The lowest BCUT2D eigenvalue weighted by molar-refractivity contribution is -0.117. The average molecular weight is 386 g/mol.